The number of nitrogens with one attached hydrogen (secondary N) is 3. The van der Waals surface area contributed by atoms with E-state index < -0.39 is 29.1 Å². The number of rotatable bonds is 15. The van der Waals surface area contributed by atoms with Crippen molar-refractivity contribution in [2.75, 3.05) is 26.2 Å². The highest BCUT2D eigenvalue weighted by Gasteiger charge is 2.68. The maximum Gasteiger partial charge on any atom is 0.273 e. The van der Waals surface area contributed by atoms with E-state index in [2.05, 4.69) is 57.1 Å². The first kappa shape index (κ1) is 36.2. The number of nitrogens with zero attached hydrogens (tertiary/aromatic N) is 3. The minimum atomic E-state index is -2.41. The molecule has 0 unspecified atom stereocenters. The number of fused-ring (bicyclic) bond motifs is 2. The number of guanidine groups is 2. The summed E-state index contributed by atoms with van der Waals surface area (Å²) in [4.78, 5) is 44.3. The van der Waals surface area contributed by atoms with E-state index in [1.807, 2.05) is 36.4 Å². The van der Waals surface area contributed by atoms with Gasteiger partial charge in [-0.3, -0.25) is 19.6 Å². The maximum absolute atomic E-state index is 14.6. The Bertz CT molecular complexity index is 1880. The highest BCUT2D eigenvalue weighted by molar-refractivity contribution is 9.10. The van der Waals surface area contributed by atoms with Gasteiger partial charge in [0.2, 0.25) is 5.72 Å². The summed E-state index contributed by atoms with van der Waals surface area (Å²) in [7, 11) is 0. The molecule has 3 heterocycles. The lowest BCUT2D eigenvalue weighted by atomic mass is 9.75. The number of unbranched alkanes of at least 4 members (excludes halogenated alkanes) is 2. The molecule has 2 aromatic carbocycles. The molecule has 1 fully saturated rings. The molecule has 2 amide bonds. The minimum Gasteiger partial charge on any atom is -0.379 e. The average molecular weight is 803 g/mol. The van der Waals surface area contributed by atoms with Gasteiger partial charge in [0, 0.05) is 75.7 Å². The minimum absolute atomic E-state index is 0.0106. The Morgan fingerprint density at radius 1 is 0.857 bits per heavy atom. The van der Waals surface area contributed by atoms with Gasteiger partial charge in [0.25, 0.3) is 11.8 Å². The van der Waals surface area contributed by atoms with Crippen LogP contribution in [0.2, 0.25) is 0 Å². The zero-order chi connectivity index (χ0) is 35.3. The molecule has 1 saturated heterocycles. The van der Waals surface area contributed by atoms with Crippen LogP contribution in [-0.2, 0) is 22.4 Å². The number of nitrogens with two attached hydrogens (primary N) is 4. The number of likely N-dealkylation sites (tertiary alicyclic amines) is 1. The van der Waals surface area contributed by atoms with Crippen LogP contribution in [-0.4, -0.2) is 86.3 Å². The number of benzene rings is 2. The van der Waals surface area contributed by atoms with Crippen LogP contribution >= 0.6 is 31.9 Å². The SMILES string of the molecule is NC(N)=NCCCCNC(=O)[C@@]1(O)[C@H](Cc2c[nH]c3cc(Br)ccc23)[C@](O)(Cc2c[nH]c3cc(Br)ccc23)C(=O)N1CCCCN=C(N)N. The number of aliphatic hydroxyl groups is 2. The standard InChI is InChI=1S/C33H42Br2N10O4/c34-21-5-7-23-19(17-43-25(23)14-21)13-27-32(48,16-20-18-44-26-15-22(35)6-8-24(20)26)29(47)45(12-4-3-11-42-31(38)39)33(27,49)28(46)40-9-1-2-10-41-30(36)37/h5-8,14-15,17-18,27,43-44,48-49H,1-4,9-13,16H2,(H,40,46)(H4,36,37,41)(H4,38,39,42)/t27-,32-,33+/m1/s1. The lowest BCUT2D eigenvalue weighted by Crippen LogP contribution is -2.61. The van der Waals surface area contributed by atoms with E-state index in [4.69, 9.17) is 22.9 Å². The molecule has 0 radical (unpaired) electrons. The third kappa shape index (κ3) is 7.71. The van der Waals surface area contributed by atoms with Crippen LogP contribution in [0.3, 0.4) is 0 Å². The Morgan fingerprint density at radius 2 is 1.41 bits per heavy atom. The van der Waals surface area contributed by atoms with Gasteiger partial charge in [-0.15, -0.1) is 0 Å². The van der Waals surface area contributed by atoms with Crippen LogP contribution in [0.15, 0.2) is 67.7 Å². The van der Waals surface area contributed by atoms with Gasteiger partial charge < -0.3 is 53.3 Å². The summed E-state index contributed by atoms with van der Waals surface area (Å²) in [6.07, 6.45) is 5.33. The number of aromatic nitrogens is 2. The summed E-state index contributed by atoms with van der Waals surface area (Å²) in [5.74, 6) is -2.86. The van der Waals surface area contributed by atoms with E-state index in [9.17, 15) is 19.8 Å². The van der Waals surface area contributed by atoms with Gasteiger partial charge in [-0.2, -0.15) is 0 Å². The molecule has 0 aliphatic carbocycles. The highest BCUT2D eigenvalue weighted by atomic mass is 79.9. The van der Waals surface area contributed by atoms with Gasteiger partial charge in [-0.1, -0.05) is 44.0 Å². The zero-order valence-corrected chi connectivity index (χ0v) is 30.1. The van der Waals surface area contributed by atoms with E-state index in [1.165, 1.54) is 0 Å². The second-order valence-corrected chi connectivity index (χ2v) is 14.2. The lowest BCUT2D eigenvalue weighted by molar-refractivity contribution is -0.172. The normalized spacial score (nSPS) is 20.6. The Kier molecular flexibility index (Phi) is 11.2. The number of amides is 2. The van der Waals surface area contributed by atoms with Crippen molar-refractivity contribution in [3.05, 3.63) is 68.9 Å². The Hall–Kier alpha value is -4.12. The van der Waals surface area contributed by atoms with Crippen LogP contribution in [0, 0.1) is 5.92 Å². The zero-order valence-electron chi connectivity index (χ0n) is 26.9. The van der Waals surface area contributed by atoms with Crippen molar-refractivity contribution >= 4 is 77.4 Å². The average Bonchev–Trinajstić information content (AvgIpc) is 3.68. The van der Waals surface area contributed by atoms with Crippen LogP contribution in [0.25, 0.3) is 21.8 Å². The smallest absolute Gasteiger partial charge is 0.273 e. The predicted octanol–water partition coefficient (Wildman–Crippen LogP) is 2.06. The van der Waals surface area contributed by atoms with E-state index in [-0.39, 0.29) is 37.9 Å². The fourth-order valence-electron chi connectivity index (χ4n) is 6.63. The number of carbonyl (C=O) groups excluding carboxylic acids is 2. The number of aromatic amines is 2. The van der Waals surface area contributed by atoms with Crippen LogP contribution in [0.1, 0.15) is 36.8 Å². The number of halogens is 2. The van der Waals surface area contributed by atoms with E-state index in [1.54, 1.807) is 12.4 Å². The number of H-pyrrole nitrogens is 2. The third-order valence-electron chi connectivity index (χ3n) is 9.02. The number of carbonyl (C=O) groups is 2. The summed E-state index contributed by atoms with van der Waals surface area (Å²) in [6, 6.07) is 11.4. The van der Waals surface area contributed by atoms with Gasteiger partial charge in [-0.25, -0.2) is 0 Å². The molecule has 1 aliphatic heterocycles. The van der Waals surface area contributed by atoms with Gasteiger partial charge in [-0.05, 0) is 67.5 Å². The third-order valence-corrected chi connectivity index (χ3v) is 10.0. The van der Waals surface area contributed by atoms with Crippen molar-refractivity contribution in [2.24, 2.45) is 38.8 Å². The van der Waals surface area contributed by atoms with E-state index in [0.717, 1.165) is 41.2 Å². The molecule has 49 heavy (non-hydrogen) atoms. The van der Waals surface area contributed by atoms with Gasteiger partial charge in [0.15, 0.2) is 17.5 Å². The van der Waals surface area contributed by atoms with Gasteiger partial charge in [0.1, 0.15) is 0 Å². The van der Waals surface area contributed by atoms with Gasteiger partial charge in [0.05, 0.1) is 5.92 Å². The van der Waals surface area contributed by atoms with Crippen molar-refractivity contribution in [1.82, 2.24) is 20.2 Å². The molecule has 13 N–H and O–H groups in total. The van der Waals surface area contributed by atoms with E-state index >= 15 is 0 Å². The topological polar surface area (TPSA) is 250 Å². The molecule has 4 aromatic rings. The summed E-state index contributed by atoms with van der Waals surface area (Å²) in [5.41, 5.74) is 20.3. The monoisotopic (exact) mass is 800 g/mol. The number of hydrogen-bond donors (Lipinski definition) is 9. The molecule has 14 nitrogen and oxygen atoms in total. The Balaban J connectivity index is 1.54. The largest absolute Gasteiger partial charge is 0.379 e. The summed E-state index contributed by atoms with van der Waals surface area (Å²) >= 11 is 6.98. The molecule has 1 aliphatic rings. The first-order valence-electron chi connectivity index (χ1n) is 16.0. The van der Waals surface area contributed by atoms with Crippen LogP contribution < -0.4 is 28.3 Å². The molecule has 16 heteroatoms. The molecule has 3 atom stereocenters. The fourth-order valence-corrected chi connectivity index (χ4v) is 7.35. The Morgan fingerprint density at radius 3 is 2.00 bits per heavy atom. The highest BCUT2D eigenvalue weighted by Crippen LogP contribution is 2.46. The van der Waals surface area contributed by atoms with Crippen molar-refractivity contribution in [2.45, 2.75) is 49.9 Å². The van der Waals surface area contributed by atoms with Gasteiger partial charge >= 0.3 is 0 Å². The summed E-state index contributed by atoms with van der Waals surface area (Å²) in [6.45, 7) is 0.850. The van der Waals surface area contributed by atoms with Crippen LogP contribution in [0.4, 0.5) is 0 Å². The van der Waals surface area contributed by atoms with E-state index in [0.29, 0.717) is 44.3 Å². The fraction of sp³-hybridized carbons (Fsp3) is 0.394. The maximum atomic E-state index is 14.6. The molecule has 262 valence electrons. The number of aliphatic imine (C=N–C) groups is 2. The molecule has 0 spiro atoms. The molecule has 2 aromatic heterocycles. The van der Waals surface area contributed by atoms with Crippen molar-refractivity contribution in [1.29, 1.82) is 0 Å². The molecular weight excluding hydrogens is 760 g/mol. The summed E-state index contributed by atoms with van der Waals surface area (Å²) in [5, 5.41) is 29.8. The first-order chi connectivity index (χ1) is 23.3. The number of hydrogen-bond acceptors (Lipinski definition) is 6. The molecule has 0 bridgehead atoms. The predicted molar refractivity (Wildman–Crippen MR) is 197 cm³/mol. The molecule has 0 saturated carbocycles. The first-order valence-corrected chi connectivity index (χ1v) is 17.6. The second kappa shape index (κ2) is 15.2. The lowest BCUT2D eigenvalue weighted by Gasteiger charge is -2.37. The van der Waals surface area contributed by atoms with Crippen LogP contribution in [0.5, 0.6) is 0 Å². The second-order valence-electron chi connectivity index (χ2n) is 12.3. The van der Waals surface area contributed by atoms with Crippen molar-refractivity contribution in [3.63, 3.8) is 0 Å². The Labute approximate surface area is 300 Å². The van der Waals surface area contributed by atoms with Crippen molar-refractivity contribution < 1.29 is 19.8 Å². The molecule has 5 rings (SSSR count). The quantitative estimate of drug-likeness (QED) is 0.0488. The van der Waals surface area contributed by atoms with Crippen molar-refractivity contribution in [3.8, 4) is 0 Å². The summed E-state index contributed by atoms with van der Waals surface area (Å²) < 4.78 is 1.73. The molecular formula is C33H42Br2N10O4.